The van der Waals surface area contributed by atoms with Crippen molar-refractivity contribution in [3.8, 4) is 0 Å². The Kier molecular flexibility index (Phi) is 7.81. The number of imide groups is 1. The molecule has 0 fully saturated rings. The van der Waals surface area contributed by atoms with Gasteiger partial charge in [0.15, 0.2) is 6.10 Å². The summed E-state index contributed by atoms with van der Waals surface area (Å²) in [5.74, 6) is -2.78. The Bertz CT molecular complexity index is 1410. The standard InChI is InChI=1S/C30H27NO7/c1-4-5-16-37-29(35)21-10-13-23(14-11-21)31-27(33)24-15-12-22(17-25(24)28(31)34)30(36)38-19(3)26(32)20-8-6-18(2)7-9-20/h6-15,17,19H,4-5,16H2,1-3H3/t19-/m1/s1. The predicted octanol–water partition coefficient (Wildman–Crippen LogP) is 5.18. The highest BCUT2D eigenvalue weighted by Gasteiger charge is 2.37. The van der Waals surface area contributed by atoms with Gasteiger partial charge in [0.1, 0.15) is 0 Å². The van der Waals surface area contributed by atoms with Gasteiger partial charge >= 0.3 is 11.9 Å². The number of hydrogen-bond acceptors (Lipinski definition) is 7. The third kappa shape index (κ3) is 5.39. The number of ketones is 1. The minimum atomic E-state index is -1.04. The fourth-order valence-corrected chi connectivity index (χ4v) is 3.98. The van der Waals surface area contributed by atoms with Gasteiger partial charge in [0.05, 0.1) is 34.5 Å². The fourth-order valence-electron chi connectivity index (χ4n) is 3.98. The summed E-state index contributed by atoms with van der Waals surface area (Å²) in [6.07, 6.45) is 0.617. The van der Waals surface area contributed by atoms with Crippen LogP contribution in [0.25, 0.3) is 0 Å². The number of anilines is 1. The van der Waals surface area contributed by atoms with Gasteiger partial charge in [0, 0.05) is 5.56 Å². The maximum absolute atomic E-state index is 13.1. The monoisotopic (exact) mass is 513 g/mol. The highest BCUT2D eigenvalue weighted by Crippen LogP contribution is 2.30. The van der Waals surface area contributed by atoms with Gasteiger partial charge in [0.25, 0.3) is 11.8 Å². The first kappa shape index (κ1) is 26.5. The molecule has 1 atom stereocenters. The highest BCUT2D eigenvalue weighted by molar-refractivity contribution is 6.34. The molecule has 0 aliphatic carbocycles. The molecule has 1 heterocycles. The molecule has 3 aromatic carbocycles. The van der Waals surface area contributed by atoms with Crippen LogP contribution < -0.4 is 4.90 Å². The first-order chi connectivity index (χ1) is 18.2. The van der Waals surface area contributed by atoms with Crippen molar-refractivity contribution in [3.05, 3.63) is 100 Å². The molecule has 1 aliphatic rings. The maximum atomic E-state index is 13.1. The summed E-state index contributed by atoms with van der Waals surface area (Å²) in [6, 6.07) is 16.9. The molecule has 4 rings (SSSR count). The molecule has 0 saturated carbocycles. The van der Waals surface area contributed by atoms with E-state index in [4.69, 9.17) is 9.47 Å². The van der Waals surface area contributed by atoms with Crippen LogP contribution in [0.4, 0.5) is 5.69 Å². The molecule has 38 heavy (non-hydrogen) atoms. The predicted molar refractivity (Wildman–Crippen MR) is 140 cm³/mol. The van der Waals surface area contributed by atoms with Gasteiger partial charge in [-0.25, -0.2) is 14.5 Å². The number of esters is 2. The summed E-state index contributed by atoms with van der Waals surface area (Å²) < 4.78 is 10.5. The number of carbonyl (C=O) groups is 5. The molecule has 8 nitrogen and oxygen atoms in total. The van der Waals surface area contributed by atoms with E-state index in [9.17, 15) is 24.0 Å². The normalized spacial score (nSPS) is 13.2. The van der Waals surface area contributed by atoms with Crippen LogP contribution in [0.1, 0.15) is 84.0 Å². The average molecular weight is 514 g/mol. The van der Waals surface area contributed by atoms with E-state index in [1.54, 1.807) is 24.3 Å². The number of unbranched alkanes of at least 4 members (excludes halogenated alkanes) is 1. The molecular weight excluding hydrogens is 486 g/mol. The first-order valence-electron chi connectivity index (χ1n) is 12.3. The van der Waals surface area contributed by atoms with Gasteiger partial charge < -0.3 is 9.47 Å². The Morgan fingerprint density at radius 1 is 0.789 bits per heavy atom. The second kappa shape index (κ2) is 11.2. The number of rotatable bonds is 9. The molecule has 0 radical (unpaired) electrons. The summed E-state index contributed by atoms with van der Waals surface area (Å²) in [7, 11) is 0. The van der Waals surface area contributed by atoms with E-state index in [-0.39, 0.29) is 28.2 Å². The molecule has 0 aromatic heterocycles. The van der Waals surface area contributed by atoms with Gasteiger partial charge in [-0.15, -0.1) is 0 Å². The number of aryl methyl sites for hydroxylation is 1. The number of carbonyl (C=O) groups excluding carboxylic acids is 5. The maximum Gasteiger partial charge on any atom is 0.338 e. The Morgan fingerprint density at radius 2 is 1.39 bits per heavy atom. The van der Waals surface area contributed by atoms with Crippen molar-refractivity contribution in [1.29, 1.82) is 0 Å². The van der Waals surface area contributed by atoms with E-state index < -0.39 is 29.9 Å². The van der Waals surface area contributed by atoms with Crippen molar-refractivity contribution < 1.29 is 33.4 Å². The molecule has 0 saturated heterocycles. The van der Waals surface area contributed by atoms with E-state index in [0.29, 0.717) is 17.7 Å². The number of ether oxygens (including phenoxy) is 2. The van der Waals surface area contributed by atoms with Gasteiger partial charge in [0.2, 0.25) is 5.78 Å². The number of nitrogens with zero attached hydrogens (tertiary/aromatic N) is 1. The quantitative estimate of drug-likeness (QED) is 0.168. The smallest absolute Gasteiger partial charge is 0.338 e. The second-order valence-corrected chi connectivity index (χ2v) is 9.02. The molecule has 2 amide bonds. The average Bonchev–Trinajstić information content (AvgIpc) is 3.17. The van der Waals surface area contributed by atoms with Crippen LogP contribution in [-0.4, -0.2) is 42.2 Å². The molecule has 0 unspecified atom stereocenters. The number of amides is 2. The van der Waals surface area contributed by atoms with Crippen LogP contribution in [0.3, 0.4) is 0 Å². The molecule has 3 aromatic rings. The summed E-state index contributed by atoms with van der Waals surface area (Å²) in [6.45, 7) is 5.69. The number of benzene rings is 3. The van der Waals surface area contributed by atoms with E-state index in [0.717, 1.165) is 23.3 Å². The Balaban J connectivity index is 1.47. The van der Waals surface area contributed by atoms with Crippen molar-refractivity contribution in [2.24, 2.45) is 0 Å². The summed E-state index contributed by atoms with van der Waals surface area (Å²) in [5.41, 5.74) is 2.23. The molecule has 0 N–H and O–H groups in total. The molecule has 8 heteroatoms. The summed E-state index contributed by atoms with van der Waals surface area (Å²) in [4.78, 5) is 64.6. The van der Waals surface area contributed by atoms with Crippen molar-refractivity contribution >= 4 is 35.2 Å². The number of hydrogen-bond donors (Lipinski definition) is 0. The lowest BCUT2D eigenvalue weighted by Crippen LogP contribution is -2.29. The zero-order valence-electron chi connectivity index (χ0n) is 21.4. The fraction of sp³-hybridized carbons (Fsp3) is 0.233. The van der Waals surface area contributed by atoms with Gasteiger partial charge in [-0.05, 0) is 62.7 Å². The summed E-state index contributed by atoms with van der Waals surface area (Å²) >= 11 is 0. The van der Waals surface area contributed by atoms with Crippen LogP contribution in [0.5, 0.6) is 0 Å². The van der Waals surface area contributed by atoms with Gasteiger partial charge in [-0.2, -0.15) is 0 Å². The third-order valence-electron chi connectivity index (χ3n) is 6.20. The number of Topliss-reactive ketones (excluding diaryl/α,β-unsaturated/α-hetero) is 1. The third-order valence-corrected chi connectivity index (χ3v) is 6.20. The van der Waals surface area contributed by atoms with Crippen LogP contribution >= 0.6 is 0 Å². The largest absolute Gasteiger partial charge is 0.462 e. The van der Waals surface area contributed by atoms with Crippen LogP contribution in [0, 0.1) is 6.92 Å². The Morgan fingerprint density at radius 3 is 2.05 bits per heavy atom. The lowest BCUT2D eigenvalue weighted by molar-refractivity contribution is 0.0318. The zero-order valence-corrected chi connectivity index (χ0v) is 21.4. The molecular formula is C30H27NO7. The minimum Gasteiger partial charge on any atom is -0.462 e. The van der Waals surface area contributed by atoms with Gasteiger partial charge in [-0.1, -0.05) is 43.2 Å². The second-order valence-electron chi connectivity index (χ2n) is 9.02. The van der Waals surface area contributed by atoms with Crippen molar-refractivity contribution in [1.82, 2.24) is 0 Å². The topological polar surface area (TPSA) is 107 Å². The Hall–Kier alpha value is -4.59. The van der Waals surface area contributed by atoms with Crippen molar-refractivity contribution in [2.75, 3.05) is 11.5 Å². The molecule has 0 bridgehead atoms. The Labute approximate surface area is 220 Å². The SMILES string of the molecule is CCCCOC(=O)c1ccc(N2C(=O)c3ccc(C(=O)O[C@H](C)C(=O)c4ccc(C)cc4)cc3C2=O)cc1. The molecule has 194 valence electrons. The summed E-state index contributed by atoms with van der Waals surface area (Å²) in [5, 5.41) is 0. The molecule has 1 aliphatic heterocycles. The van der Waals surface area contributed by atoms with Crippen LogP contribution in [-0.2, 0) is 9.47 Å². The lowest BCUT2D eigenvalue weighted by atomic mass is 10.0. The highest BCUT2D eigenvalue weighted by atomic mass is 16.5. The van der Waals surface area contributed by atoms with E-state index in [2.05, 4.69) is 0 Å². The van der Waals surface area contributed by atoms with Crippen molar-refractivity contribution in [2.45, 2.75) is 39.7 Å². The van der Waals surface area contributed by atoms with E-state index in [1.165, 1.54) is 49.4 Å². The van der Waals surface area contributed by atoms with Crippen LogP contribution in [0.2, 0.25) is 0 Å². The van der Waals surface area contributed by atoms with Gasteiger partial charge in [-0.3, -0.25) is 14.4 Å². The first-order valence-corrected chi connectivity index (χ1v) is 12.3. The van der Waals surface area contributed by atoms with E-state index in [1.807, 2.05) is 13.8 Å². The van der Waals surface area contributed by atoms with Crippen molar-refractivity contribution in [3.63, 3.8) is 0 Å². The van der Waals surface area contributed by atoms with Crippen LogP contribution in [0.15, 0.2) is 66.7 Å². The lowest BCUT2D eigenvalue weighted by Gasteiger charge is -2.14. The molecule has 0 spiro atoms. The zero-order chi connectivity index (χ0) is 27.4. The minimum absolute atomic E-state index is 0.0421. The number of fused-ring (bicyclic) bond motifs is 1. The van der Waals surface area contributed by atoms with E-state index >= 15 is 0 Å².